The zero-order valence-corrected chi connectivity index (χ0v) is 24.6. The average molecular weight is 614 g/mol. The van der Waals surface area contributed by atoms with E-state index in [0.717, 1.165) is 46.2 Å². The van der Waals surface area contributed by atoms with Crippen LogP contribution in [-0.2, 0) is 22.6 Å². The number of halogens is 2. The summed E-state index contributed by atoms with van der Waals surface area (Å²) < 4.78 is 0.981. The number of thioether (sulfide) groups is 1. The molecule has 1 aliphatic carbocycles. The summed E-state index contributed by atoms with van der Waals surface area (Å²) in [6.07, 6.45) is 6.32. The summed E-state index contributed by atoms with van der Waals surface area (Å²) in [6, 6.07) is 25.2. The quantitative estimate of drug-likeness (QED) is 0.226. The van der Waals surface area contributed by atoms with Gasteiger partial charge in [0, 0.05) is 45.6 Å². The molecule has 200 valence electrons. The van der Waals surface area contributed by atoms with Crippen molar-refractivity contribution in [2.75, 3.05) is 5.75 Å². The fourth-order valence-corrected chi connectivity index (χ4v) is 6.05. The van der Waals surface area contributed by atoms with E-state index in [1.165, 1.54) is 6.42 Å². The molecule has 3 aromatic rings. The highest BCUT2D eigenvalue weighted by Gasteiger charge is 2.31. The minimum absolute atomic E-state index is 0.0193. The lowest BCUT2D eigenvalue weighted by Crippen LogP contribution is -2.52. The maximum absolute atomic E-state index is 13.8. The number of rotatable bonds is 11. The van der Waals surface area contributed by atoms with Gasteiger partial charge in [-0.25, -0.2) is 0 Å². The molecule has 38 heavy (non-hydrogen) atoms. The van der Waals surface area contributed by atoms with Crippen LogP contribution in [0.3, 0.4) is 0 Å². The largest absolute Gasteiger partial charge is 0.352 e. The van der Waals surface area contributed by atoms with E-state index < -0.39 is 6.04 Å². The number of carbonyl (C=O) groups is 2. The second kappa shape index (κ2) is 14.8. The van der Waals surface area contributed by atoms with Gasteiger partial charge in [-0.2, -0.15) is 0 Å². The van der Waals surface area contributed by atoms with Crippen LogP contribution < -0.4 is 5.32 Å². The summed E-state index contributed by atoms with van der Waals surface area (Å²) in [5, 5.41) is 3.99. The zero-order chi connectivity index (χ0) is 26.7. The Morgan fingerprint density at radius 2 is 1.61 bits per heavy atom. The van der Waals surface area contributed by atoms with E-state index in [9.17, 15) is 9.59 Å². The molecule has 0 heterocycles. The van der Waals surface area contributed by atoms with Gasteiger partial charge in [0.2, 0.25) is 11.8 Å². The van der Waals surface area contributed by atoms with Gasteiger partial charge in [-0.05, 0) is 60.4 Å². The minimum Gasteiger partial charge on any atom is -0.352 e. The highest BCUT2D eigenvalue weighted by atomic mass is 79.9. The van der Waals surface area contributed by atoms with Gasteiger partial charge in [-0.15, -0.1) is 11.8 Å². The van der Waals surface area contributed by atoms with Gasteiger partial charge in [0.25, 0.3) is 0 Å². The first kappa shape index (κ1) is 28.7. The van der Waals surface area contributed by atoms with Crippen LogP contribution in [0.25, 0.3) is 0 Å². The third-order valence-electron chi connectivity index (χ3n) is 6.89. The summed E-state index contributed by atoms with van der Waals surface area (Å²) in [4.78, 5) is 30.4. The first-order valence-electron chi connectivity index (χ1n) is 13.2. The maximum atomic E-state index is 13.8. The van der Waals surface area contributed by atoms with Crippen molar-refractivity contribution in [3.05, 3.63) is 99.5 Å². The van der Waals surface area contributed by atoms with E-state index >= 15 is 0 Å². The molecule has 4 rings (SSSR count). The summed E-state index contributed by atoms with van der Waals surface area (Å²) in [5.41, 5.74) is 2.04. The average Bonchev–Trinajstić information content (AvgIpc) is 2.94. The first-order chi connectivity index (χ1) is 18.5. The zero-order valence-electron chi connectivity index (χ0n) is 21.5. The second-order valence-corrected chi connectivity index (χ2v) is 12.3. The predicted molar refractivity (Wildman–Crippen MR) is 160 cm³/mol. The van der Waals surface area contributed by atoms with Crippen molar-refractivity contribution in [2.24, 2.45) is 0 Å². The van der Waals surface area contributed by atoms with Crippen molar-refractivity contribution < 1.29 is 9.59 Å². The summed E-state index contributed by atoms with van der Waals surface area (Å²) in [6.45, 7) is 0.382. The van der Waals surface area contributed by atoms with E-state index in [0.29, 0.717) is 30.2 Å². The topological polar surface area (TPSA) is 49.4 Å². The van der Waals surface area contributed by atoms with Gasteiger partial charge in [-0.1, -0.05) is 89.3 Å². The van der Waals surface area contributed by atoms with Crippen molar-refractivity contribution in [3.63, 3.8) is 0 Å². The number of nitrogens with zero attached hydrogens (tertiary/aromatic N) is 1. The van der Waals surface area contributed by atoms with Crippen LogP contribution in [0.1, 0.15) is 49.7 Å². The van der Waals surface area contributed by atoms with Crippen LogP contribution in [-0.4, -0.2) is 34.6 Å². The van der Waals surface area contributed by atoms with Gasteiger partial charge in [0.15, 0.2) is 0 Å². The van der Waals surface area contributed by atoms with Gasteiger partial charge in [-0.3, -0.25) is 9.59 Å². The number of amides is 2. The standard InChI is InChI=1S/C31H34BrClN2O2S/c32-25-13-11-24(12-14-25)22-35(30(36)19-20-38-28-17-15-26(33)16-18-28)29(21-23-7-3-1-4-8-23)31(37)34-27-9-5-2-6-10-27/h1,3-4,7-8,11-18,27,29H,2,5-6,9-10,19-22H2,(H,34,37)/t29-/m0/s1. The summed E-state index contributed by atoms with van der Waals surface area (Å²) in [5.74, 6) is 0.547. The summed E-state index contributed by atoms with van der Waals surface area (Å²) >= 11 is 11.1. The Kier molecular flexibility index (Phi) is 11.2. The van der Waals surface area contributed by atoms with Crippen LogP contribution in [0.5, 0.6) is 0 Å². The third-order valence-corrected chi connectivity index (χ3v) is 8.68. The van der Waals surface area contributed by atoms with Crippen LogP contribution in [0, 0.1) is 0 Å². The molecular weight excluding hydrogens is 580 g/mol. The van der Waals surface area contributed by atoms with Crippen LogP contribution in [0.4, 0.5) is 0 Å². The molecule has 4 nitrogen and oxygen atoms in total. The lowest BCUT2D eigenvalue weighted by molar-refractivity contribution is -0.141. The molecule has 0 unspecified atom stereocenters. The first-order valence-corrected chi connectivity index (χ1v) is 15.4. The van der Waals surface area contributed by atoms with Crippen molar-refractivity contribution in [1.82, 2.24) is 10.2 Å². The number of hydrogen-bond acceptors (Lipinski definition) is 3. The Bertz CT molecular complexity index is 1170. The molecule has 1 N–H and O–H groups in total. The minimum atomic E-state index is -0.587. The van der Waals surface area contributed by atoms with E-state index in [1.807, 2.05) is 78.9 Å². The number of carbonyl (C=O) groups excluding carboxylic acids is 2. The molecule has 1 fully saturated rings. The molecule has 7 heteroatoms. The van der Waals surface area contributed by atoms with Gasteiger partial charge in [0.05, 0.1) is 0 Å². The molecule has 1 saturated carbocycles. The molecule has 0 saturated heterocycles. The lowest BCUT2D eigenvalue weighted by Gasteiger charge is -2.33. The Labute approximate surface area is 243 Å². The number of hydrogen-bond donors (Lipinski definition) is 1. The van der Waals surface area contributed by atoms with Crippen molar-refractivity contribution in [3.8, 4) is 0 Å². The van der Waals surface area contributed by atoms with E-state index in [4.69, 9.17) is 11.6 Å². The Morgan fingerprint density at radius 1 is 0.921 bits per heavy atom. The highest BCUT2D eigenvalue weighted by Crippen LogP contribution is 2.24. The van der Waals surface area contributed by atoms with Gasteiger partial charge in [0.1, 0.15) is 6.04 Å². The predicted octanol–water partition coefficient (Wildman–Crippen LogP) is 7.67. The number of benzene rings is 3. The van der Waals surface area contributed by atoms with E-state index in [2.05, 4.69) is 21.2 Å². The van der Waals surface area contributed by atoms with Crippen molar-refractivity contribution in [1.29, 1.82) is 0 Å². The van der Waals surface area contributed by atoms with Gasteiger partial charge < -0.3 is 10.2 Å². The molecule has 0 radical (unpaired) electrons. The normalized spacial score (nSPS) is 14.6. The molecule has 2 amide bonds. The second-order valence-electron chi connectivity index (χ2n) is 9.75. The molecule has 0 bridgehead atoms. The maximum Gasteiger partial charge on any atom is 0.243 e. The smallest absolute Gasteiger partial charge is 0.243 e. The molecular formula is C31H34BrClN2O2S. The van der Waals surface area contributed by atoms with Crippen LogP contribution in [0.2, 0.25) is 5.02 Å². The fraction of sp³-hybridized carbons (Fsp3) is 0.355. The molecule has 3 aromatic carbocycles. The van der Waals surface area contributed by atoms with Gasteiger partial charge >= 0.3 is 0 Å². The Morgan fingerprint density at radius 3 is 2.29 bits per heavy atom. The van der Waals surface area contributed by atoms with Crippen molar-refractivity contribution >= 4 is 51.1 Å². The van der Waals surface area contributed by atoms with Crippen LogP contribution in [0.15, 0.2) is 88.2 Å². The van der Waals surface area contributed by atoms with E-state index in [-0.39, 0.29) is 17.9 Å². The molecule has 0 aromatic heterocycles. The monoisotopic (exact) mass is 612 g/mol. The number of nitrogens with one attached hydrogen (secondary N) is 1. The van der Waals surface area contributed by atoms with Crippen molar-refractivity contribution in [2.45, 2.75) is 68.5 Å². The van der Waals surface area contributed by atoms with E-state index in [1.54, 1.807) is 16.7 Å². The highest BCUT2D eigenvalue weighted by molar-refractivity contribution is 9.10. The van der Waals surface area contributed by atoms with Crippen LogP contribution >= 0.6 is 39.3 Å². The summed E-state index contributed by atoms with van der Waals surface area (Å²) in [7, 11) is 0. The Balaban J connectivity index is 1.55. The third kappa shape index (κ3) is 8.89. The molecule has 0 spiro atoms. The molecule has 1 aliphatic rings. The fourth-order valence-electron chi connectivity index (χ4n) is 4.82. The Hall–Kier alpha value is -2.28. The molecule has 1 atom stereocenters. The SMILES string of the molecule is O=C(NC1CCCCC1)[C@H](Cc1ccccc1)N(Cc1ccc(Br)cc1)C(=O)CCSc1ccc(Cl)cc1. The lowest BCUT2D eigenvalue weighted by atomic mass is 9.94. The molecule has 0 aliphatic heterocycles.